The van der Waals surface area contributed by atoms with Gasteiger partial charge < -0.3 is 5.32 Å². The lowest BCUT2D eigenvalue weighted by Gasteiger charge is -2.26. The zero-order valence-corrected chi connectivity index (χ0v) is 13.7. The van der Waals surface area contributed by atoms with Gasteiger partial charge >= 0.3 is 0 Å². The highest BCUT2D eigenvalue weighted by atomic mass is 32.1. The summed E-state index contributed by atoms with van der Waals surface area (Å²) in [5.41, 5.74) is 1.54. The number of fused-ring (bicyclic) bond motifs is 3. The topological polar surface area (TPSA) is 12.0 Å². The van der Waals surface area contributed by atoms with Crippen LogP contribution in [0.5, 0.6) is 0 Å². The van der Waals surface area contributed by atoms with E-state index >= 15 is 0 Å². The Hall–Kier alpha value is -0.860. The van der Waals surface area contributed by atoms with E-state index < -0.39 is 0 Å². The minimum absolute atomic E-state index is 0.646. The molecule has 21 heavy (non-hydrogen) atoms. The molecule has 4 rings (SSSR count). The first kappa shape index (κ1) is 13.8. The molecule has 112 valence electrons. The van der Waals surface area contributed by atoms with E-state index in [-0.39, 0.29) is 0 Å². The van der Waals surface area contributed by atoms with Crippen LogP contribution < -0.4 is 5.32 Å². The Morgan fingerprint density at radius 3 is 2.90 bits per heavy atom. The molecule has 2 aliphatic carbocycles. The lowest BCUT2D eigenvalue weighted by molar-refractivity contribution is 0.282. The number of nitrogens with one attached hydrogen (secondary N) is 1. The summed E-state index contributed by atoms with van der Waals surface area (Å²) in [7, 11) is 2.15. The van der Waals surface area contributed by atoms with Gasteiger partial charge in [0.2, 0.25) is 0 Å². The Morgan fingerprint density at radius 2 is 2.14 bits per heavy atom. The van der Waals surface area contributed by atoms with Crippen molar-refractivity contribution in [3.05, 3.63) is 35.2 Å². The van der Waals surface area contributed by atoms with Crippen LogP contribution in [0.4, 0.5) is 0 Å². The van der Waals surface area contributed by atoms with Gasteiger partial charge in [-0.25, -0.2) is 0 Å². The summed E-state index contributed by atoms with van der Waals surface area (Å²) < 4.78 is 1.43. The molecule has 0 amide bonds. The Morgan fingerprint density at radius 1 is 1.24 bits per heavy atom. The van der Waals surface area contributed by atoms with Crippen LogP contribution in [0.3, 0.4) is 0 Å². The van der Waals surface area contributed by atoms with Crippen molar-refractivity contribution in [2.45, 2.75) is 44.6 Å². The normalized spacial score (nSPS) is 29.3. The van der Waals surface area contributed by atoms with Crippen LogP contribution in [0.1, 0.15) is 37.7 Å². The number of benzene rings is 1. The van der Waals surface area contributed by atoms with E-state index in [2.05, 4.69) is 42.0 Å². The third-order valence-electron chi connectivity index (χ3n) is 5.91. The highest BCUT2D eigenvalue weighted by Gasteiger charge is 2.39. The van der Waals surface area contributed by atoms with Gasteiger partial charge in [-0.15, -0.1) is 11.3 Å². The third kappa shape index (κ3) is 2.64. The van der Waals surface area contributed by atoms with E-state index in [1.807, 2.05) is 11.3 Å². The van der Waals surface area contributed by atoms with Gasteiger partial charge in [0.05, 0.1) is 0 Å². The monoisotopic (exact) mass is 299 g/mol. The van der Waals surface area contributed by atoms with E-state index in [1.165, 1.54) is 54.2 Å². The first-order valence-electron chi connectivity index (χ1n) is 8.46. The van der Waals surface area contributed by atoms with Crippen molar-refractivity contribution in [3.63, 3.8) is 0 Å². The maximum atomic E-state index is 3.60. The molecule has 1 N–H and O–H groups in total. The molecule has 2 saturated carbocycles. The summed E-state index contributed by atoms with van der Waals surface area (Å²) in [5.74, 6) is 3.11. The first-order valence-corrected chi connectivity index (χ1v) is 9.34. The predicted molar refractivity (Wildman–Crippen MR) is 91.9 cm³/mol. The molecule has 1 heterocycles. The van der Waals surface area contributed by atoms with Gasteiger partial charge in [0.15, 0.2) is 0 Å². The molecular weight excluding hydrogens is 274 g/mol. The fourth-order valence-corrected chi connectivity index (χ4v) is 5.77. The molecule has 0 aliphatic heterocycles. The van der Waals surface area contributed by atoms with Gasteiger partial charge in [0.1, 0.15) is 0 Å². The van der Waals surface area contributed by atoms with Gasteiger partial charge in [-0.2, -0.15) is 0 Å². The second kappa shape index (κ2) is 5.73. The van der Waals surface area contributed by atoms with E-state index in [1.54, 1.807) is 0 Å². The minimum atomic E-state index is 0.646. The molecule has 0 saturated heterocycles. The molecule has 2 aromatic rings. The van der Waals surface area contributed by atoms with E-state index in [4.69, 9.17) is 0 Å². The number of hydrogen-bond acceptors (Lipinski definition) is 2. The second-order valence-electron chi connectivity index (χ2n) is 7.12. The van der Waals surface area contributed by atoms with Crippen LogP contribution in [-0.4, -0.2) is 13.1 Å². The molecule has 1 aromatic carbocycles. The second-order valence-corrected chi connectivity index (χ2v) is 8.03. The molecule has 2 fully saturated rings. The molecule has 0 spiro atoms. The van der Waals surface area contributed by atoms with Gasteiger partial charge in [-0.05, 0) is 79.3 Å². The van der Waals surface area contributed by atoms with Crippen molar-refractivity contribution in [2.75, 3.05) is 7.05 Å². The highest BCUT2D eigenvalue weighted by Crippen LogP contribution is 2.50. The maximum absolute atomic E-state index is 3.60. The van der Waals surface area contributed by atoms with Crippen LogP contribution >= 0.6 is 11.3 Å². The van der Waals surface area contributed by atoms with E-state index in [0.29, 0.717) is 6.04 Å². The summed E-state index contributed by atoms with van der Waals surface area (Å²) in [4.78, 5) is 0. The summed E-state index contributed by atoms with van der Waals surface area (Å²) in [6, 6.07) is 9.49. The number of likely N-dealkylation sites (N-methyl/N-ethyl adjacent to an activating group) is 1. The number of thiophene rings is 1. The fourth-order valence-electron chi connectivity index (χ4n) is 4.79. The molecule has 2 aliphatic rings. The molecule has 0 radical (unpaired) electrons. The minimum Gasteiger partial charge on any atom is -0.317 e. The van der Waals surface area contributed by atoms with Gasteiger partial charge in [-0.3, -0.25) is 0 Å². The Kier molecular flexibility index (Phi) is 3.76. The van der Waals surface area contributed by atoms with Gasteiger partial charge in [0, 0.05) is 10.7 Å². The first-order chi connectivity index (χ1) is 10.3. The zero-order chi connectivity index (χ0) is 14.2. The standard InChI is InChI=1S/C19H25NS/c1-20-17(10-15-9-13-6-7-14(15)8-13)11-16-12-21-19-5-3-2-4-18(16)19/h2-5,12-15,17,20H,6-11H2,1H3. The van der Waals surface area contributed by atoms with Gasteiger partial charge in [-0.1, -0.05) is 24.6 Å². The fraction of sp³-hybridized carbons (Fsp3) is 0.579. The number of hydrogen-bond donors (Lipinski definition) is 1. The van der Waals surface area contributed by atoms with Crippen molar-refractivity contribution in [1.82, 2.24) is 5.32 Å². The van der Waals surface area contributed by atoms with Crippen LogP contribution in [-0.2, 0) is 6.42 Å². The van der Waals surface area contributed by atoms with E-state index in [0.717, 1.165) is 17.8 Å². The predicted octanol–water partition coefficient (Wildman–Crippen LogP) is 4.86. The lowest BCUT2D eigenvalue weighted by atomic mass is 9.83. The van der Waals surface area contributed by atoms with Crippen LogP contribution in [0, 0.1) is 17.8 Å². The van der Waals surface area contributed by atoms with Crippen molar-refractivity contribution < 1.29 is 0 Å². The molecule has 2 heteroatoms. The number of rotatable bonds is 5. The molecule has 4 unspecified atom stereocenters. The van der Waals surface area contributed by atoms with Gasteiger partial charge in [0.25, 0.3) is 0 Å². The quantitative estimate of drug-likeness (QED) is 0.831. The Balaban J connectivity index is 1.46. The SMILES string of the molecule is CNC(Cc1csc2ccccc12)CC1CC2CCC1C2. The van der Waals surface area contributed by atoms with Crippen LogP contribution in [0.15, 0.2) is 29.6 Å². The molecule has 2 bridgehead atoms. The summed E-state index contributed by atoms with van der Waals surface area (Å²) in [5, 5.41) is 7.44. The van der Waals surface area contributed by atoms with Crippen LogP contribution in [0.2, 0.25) is 0 Å². The van der Waals surface area contributed by atoms with Crippen molar-refractivity contribution in [2.24, 2.45) is 17.8 Å². The molecule has 1 nitrogen and oxygen atoms in total. The Labute approximate surface area is 131 Å². The van der Waals surface area contributed by atoms with Crippen molar-refractivity contribution in [1.29, 1.82) is 0 Å². The largest absolute Gasteiger partial charge is 0.317 e. The average molecular weight is 299 g/mol. The smallest absolute Gasteiger partial charge is 0.0345 e. The zero-order valence-electron chi connectivity index (χ0n) is 12.8. The third-order valence-corrected chi connectivity index (χ3v) is 6.92. The molecular formula is C19H25NS. The van der Waals surface area contributed by atoms with E-state index in [9.17, 15) is 0 Å². The molecule has 1 aromatic heterocycles. The highest BCUT2D eigenvalue weighted by molar-refractivity contribution is 7.17. The Bertz CT molecular complexity index is 617. The molecule has 4 atom stereocenters. The summed E-state index contributed by atoms with van der Waals surface area (Å²) in [6.07, 6.45) is 8.62. The average Bonchev–Trinajstić information content (AvgIpc) is 3.22. The summed E-state index contributed by atoms with van der Waals surface area (Å²) >= 11 is 1.89. The van der Waals surface area contributed by atoms with Crippen LogP contribution in [0.25, 0.3) is 10.1 Å². The van der Waals surface area contributed by atoms with Crippen molar-refractivity contribution >= 4 is 21.4 Å². The summed E-state index contributed by atoms with van der Waals surface area (Å²) in [6.45, 7) is 0. The maximum Gasteiger partial charge on any atom is 0.0345 e. The van der Waals surface area contributed by atoms with Crippen molar-refractivity contribution in [3.8, 4) is 0 Å². The lowest BCUT2D eigenvalue weighted by Crippen LogP contribution is -2.31.